The summed E-state index contributed by atoms with van der Waals surface area (Å²) in [6, 6.07) is 3.73. The van der Waals surface area contributed by atoms with E-state index in [4.69, 9.17) is 0 Å². The predicted octanol–water partition coefficient (Wildman–Crippen LogP) is 0.757. The number of nitrogens with one attached hydrogen (secondary N) is 2. The monoisotopic (exact) mass is 224 g/mol. The summed E-state index contributed by atoms with van der Waals surface area (Å²) in [5, 5.41) is 7.48. The highest BCUT2D eigenvalue weighted by Crippen LogP contribution is 2.09. The molecule has 1 unspecified atom stereocenters. The average molecular weight is 224 g/mol. The van der Waals surface area contributed by atoms with Gasteiger partial charge in [-0.3, -0.25) is 9.59 Å². The lowest BCUT2D eigenvalue weighted by Crippen LogP contribution is -2.38. The molecule has 1 aliphatic rings. The molecule has 1 atom stereocenters. The maximum Gasteiger partial charge on any atom is 0.261 e. The highest BCUT2D eigenvalue weighted by Gasteiger charge is 2.21. The molecule has 0 bridgehead atoms. The van der Waals surface area contributed by atoms with Crippen LogP contribution in [0.5, 0.6) is 0 Å². The first-order chi connectivity index (χ1) is 7.25. The molecule has 15 heavy (non-hydrogen) atoms. The van der Waals surface area contributed by atoms with Crippen LogP contribution in [0.4, 0.5) is 0 Å². The molecule has 0 aliphatic carbocycles. The van der Waals surface area contributed by atoms with Gasteiger partial charge in [0.05, 0.1) is 4.88 Å². The summed E-state index contributed by atoms with van der Waals surface area (Å²) < 4.78 is 0. The van der Waals surface area contributed by atoms with Crippen molar-refractivity contribution < 1.29 is 9.59 Å². The van der Waals surface area contributed by atoms with E-state index in [-0.39, 0.29) is 17.9 Å². The van der Waals surface area contributed by atoms with Crippen molar-refractivity contribution >= 4 is 23.2 Å². The summed E-state index contributed by atoms with van der Waals surface area (Å²) >= 11 is 1.41. The SMILES string of the molecule is O=C1CCC(CNC(=O)c2cccs2)N1. The molecule has 2 heterocycles. The zero-order valence-electron chi connectivity index (χ0n) is 8.16. The van der Waals surface area contributed by atoms with Gasteiger partial charge in [0.1, 0.15) is 0 Å². The van der Waals surface area contributed by atoms with Gasteiger partial charge >= 0.3 is 0 Å². The lowest BCUT2D eigenvalue weighted by atomic mass is 10.2. The molecule has 2 rings (SSSR count). The fourth-order valence-corrected chi connectivity index (χ4v) is 2.18. The molecule has 4 nitrogen and oxygen atoms in total. The number of thiophene rings is 1. The molecular weight excluding hydrogens is 212 g/mol. The lowest BCUT2D eigenvalue weighted by Gasteiger charge is -2.10. The summed E-state index contributed by atoms with van der Waals surface area (Å²) in [5.74, 6) is 0.0107. The van der Waals surface area contributed by atoms with Crippen molar-refractivity contribution in [3.05, 3.63) is 22.4 Å². The van der Waals surface area contributed by atoms with Crippen molar-refractivity contribution in [2.75, 3.05) is 6.54 Å². The molecule has 1 saturated heterocycles. The minimum Gasteiger partial charge on any atom is -0.352 e. The van der Waals surface area contributed by atoms with Crippen LogP contribution in [-0.4, -0.2) is 24.4 Å². The van der Waals surface area contributed by atoms with E-state index in [1.807, 2.05) is 11.4 Å². The van der Waals surface area contributed by atoms with Crippen LogP contribution >= 0.6 is 11.3 Å². The lowest BCUT2D eigenvalue weighted by molar-refractivity contribution is -0.119. The molecule has 2 N–H and O–H groups in total. The van der Waals surface area contributed by atoms with Crippen LogP contribution in [0.3, 0.4) is 0 Å². The first kappa shape index (κ1) is 10.2. The first-order valence-electron chi connectivity index (χ1n) is 4.87. The smallest absolute Gasteiger partial charge is 0.261 e. The molecule has 1 fully saturated rings. The third-order valence-electron chi connectivity index (χ3n) is 2.34. The molecule has 5 heteroatoms. The Morgan fingerprint density at radius 3 is 3.13 bits per heavy atom. The van der Waals surface area contributed by atoms with E-state index < -0.39 is 0 Å². The molecule has 80 valence electrons. The largest absolute Gasteiger partial charge is 0.352 e. The predicted molar refractivity (Wildman–Crippen MR) is 57.8 cm³/mol. The van der Waals surface area contributed by atoms with E-state index in [1.165, 1.54) is 11.3 Å². The van der Waals surface area contributed by atoms with Crippen molar-refractivity contribution in [1.82, 2.24) is 10.6 Å². The van der Waals surface area contributed by atoms with Crippen LogP contribution in [-0.2, 0) is 4.79 Å². The normalized spacial score (nSPS) is 20.0. The summed E-state index contributed by atoms with van der Waals surface area (Å²) in [7, 11) is 0. The van der Waals surface area contributed by atoms with E-state index >= 15 is 0 Å². The molecule has 1 aliphatic heterocycles. The van der Waals surface area contributed by atoms with Gasteiger partial charge in [-0.05, 0) is 17.9 Å². The fourth-order valence-electron chi connectivity index (χ4n) is 1.54. The molecule has 0 spiro atoms. The summed E-state index contributed by atoms with van der Waals surface area (Å²) in [6.07, 6.45) is 1.38. The van der Waals surface area contributed by atoms with Crippen LogP contribution in [0.15, 0.2) is 17.5 Å². The number of rotatable bonds is 3. The van der Waals surface area contributed by atoms with Crippen molar-refractivity contribution in [3.63, 3.8) is 0 Å². The minimum atomic E-state index is -0.0638. The van der Waals surface area contributed by atoms with Crippen molar-refractivity contribution in [1.29, 1.82) is 0 Å². The minimum absolute atomic E-state index is 0.0638. The highest BCUT2D eigenvalue weighted by molar-refractivity contribution is 7.12. The van der Waals surface area contributed by atoms with Gasteiger partial charge < -0.3 is 10.6 Å². The second-order valence-corrected chi connectivity index (χ2v) is 4.44. The first-order valence-corrected chi connectivity index (χ1v) is 5.75. The second kappa shape index (κ2) is 4.44. The Kier molecular flexibility index (Phi) is 3.01. The standard InChI is InChI=1S/C10H12N2O2S/c13-9-4-3-7(12-9)6-11-10(14)8-2-1-5-15-8/h1-2,5,7H,3-4,6H2,(H,11,14)(H,12,13). The Morgan fingerprint density at radius 2 is 2.53 bits per heavy atom. The maximum absolute atomic E-state index is 11.5. The van der Waals surface area contributed by atoms with Gasteiger partial charge in [0, 0.05) is 19.0 Å². The number of carbonyl (C=O) groups excluding carboxylic acids is 2. The number of carbonyl (C=O) groups is 2. The summed E-state index contributed by atoms with van der Waals surface area (Å²) in [5.41, 5.74) is 0. The van der Waals surface area contributed by atoms with Gasteiger partial charge in [-0.25, -0.2) is 0 Å². The van der Waals surface area contributed by atoms with Gasteiger partial charge in [-0.2, -0.15) is 0 Å². The Labute approximate surface area is 91.7 Å². The third-order valence-corrected chi connectivity index (χ3v) is 3.21. The average Bonchev–Trinajstić information content (AvgIpc) is 2.84. The quantitative estimate of drug-likeness (QED) is 0.796. The molecular formula is C10H12N2O2S. The van der Waals surface area contributed by atoms with Gasteiger partial charge in [-0.15, -0.1) is 11.3 Å². The van der Waals surface area contributed by atoms with Gasteiger partial charge in [0.2, 0.25) is 5.91 Å². The molecule has 0 aromatic carbocycles. The zero-order valence-corrected chi connectivity index (χ0v) is 8.97. The van der Waals surface area contributed by atoms with Crippen molar-refractivity contribution in [3.8, 4) is 0 Å². The third kappa shape index (κ3) is 2.56. The number of hydrogen-bond acceptors (Lipinski definition) is 3. The molecule has 1 aromatic rings. The van der Waals surface area contributed by atoms with Crippen LogP contribution in [0.2, 0.25) is 0 Å². The molecule has 2 amide bonds. The maximum atomic E-state index is 11.5. The molecule has 1 aromatic heterocycles. The van der Waals surface area contributed by atoms with Gasteiger partial charge in [-0.1, -0.05) is 6.07 Å². The van der Waals surface area contributed by atoms with E-state index in [0.717, 1.165) is 6.42 Å². The van der Waals surface area contributed by atoms with E-state index in [9.17, 15) is 9.59 Å². The zero-order chi connectivity index (χ0) is 10.7. The van der Waals surface area contributed by atoms with Crippen molar-refractivity contribution in [2.45, 2.75) is 18.9 Å². The Morgan fingerprint density at radius 1 is 1.67 bits per heavy atom. The summed E-state index contributed by atoms with van der Waals surface area (Å²) in [6.45, 7) is 0.516. The van der Waals surface area contributed by atoms with Crippen LogP contribution in [0.1, 0.15) is 22.5 Å². The van der Waals surface area contributed by atoms with Crippen LogP contribution < -0.4 is 10.6 Å². The number of amides is 2. The van der Waals surface area contributed by atoms with E-state index in [1.54, 1.807) is 6.07 Å². The van der Waals surface area contributed by atoms with Crippen LogP contribution in [0.25, 0.3) is 0 Å². The fraction of sp³-hybridized carbons (Fsp3) is 0.400. The van der Waals surface area contributed by atoms with Crippen LogP contribution in [0, 0.1) is 0 Å². The number of hydrogen-bond donors (Lipinski definition) is 2. The Balaban J connectivity index is 1.79. The van der Waals surface area contributed by atoms with E-state index in [2.05, 4.69) is 10.6 Å². The highest BCUT2D eigenvalue weighted by atomic mass is 32.1. The summed E-state index contributed by atoms with van der Waals surface area (Å²) in [4.78, 5) is 23.1. The molecule has 0 radical (unpaired) electrons. The Hall–Kier alpha value is -1.36. The van der Waals surface area contributed by atoms with Crippen molar-refractivity contribution in [2.24, 2.45) is 0 Å². The molecule has 0 saturated carbocycles. The van der Waals surface area contributed by atoms with Gasteiger partial charge in [0.25, 0.3) is 5.91 Å². The van der Waals surface area contributed by atoms with Gasteiger partial charge in [0.15, 0.2) is 0 Å². The second-order valence-electron chi connectivity index (χ2n) is 3.49. The van der Waals surface area contributed by atoms with E-state index in [0.29, 0.717) is 17.8 Å². The topological polar surface area (TPSA) is 58.2 Å². The Bertz CT molecular complexity index is 362.